The molecule has 0 saturated carbocycles. The molecule has 0 spiro atoms. The van der Waals surface area contributed by atoms with Crippen LogP contribution < -0.4 is 0 Å². The Bertz CT molecular complexity index is 558. The second kappa shape index (κ2) is 5.15. The van der Waals surface area contributed by atoms with Crippen LogP contribution in [0.3, 0.4) is 0 Å². The van der Waals surface area contributed by atoms with Gasteiger partial charge in [-0.05, 0) is 23.3 Å². The Morgan fingerprint density at radius 3 is 2.22 bits per heavy atom. The maximum Gasteiger partial charge on any atom is 0.140 e. The number of carbonyl (C=O) groups is 1. The highest BCUT2D eigenvalue weighted by molar-refractivity contribution is 6.30. The van der Waals surface area contributed by atoms with E-state index in [0.717, 1.165) is 18.1 Å². The zero-order valence-corrected chi connectivity index (χ0v) is 10.4. The fourth-order valence-electron chi connectivity index (χ4n) is 1.96. The Morgan fingerprint density at radius 2 is 1.67 bits per heavy atom. The number of benzene rings is 2. The normalized spacial score (nSPS) is 13.6. The average molecular weight is 258 g/mol. The Hall–Kier alpha value is -1.93. The number of hydrogen-bond acceptors (Lipinski definition) is 2. The molecular formula is C15H12ClNO. The van der Waals surface area contributed by atoms with Gasteiger partial charge in [-0.2, -0.15) is 0 Å². The SMILES string of the molecule is N=CC(C=O)(c1ccccc1)c1cccc(Cl)c1. The van der Waals surface area contributed by atoms with Crippen LogP contribution in [0.2, 0.25) is 5.02 Å². The topological polar surface area (TPSA) is 40.9 Å². The van der Waals surface area contributed by atoms with Crippen LogP contribution in [0.25, 0.3) is 0 Å². The quantitative estimate of drug-likeness (QED) is 0.661. The summed E-state index contributed by atoms with van der Waals surface area (Å²) in [5.41, 5.74) is 0.398. The molecule has 3 heteroatoms. The van der Waals surface area contributed by atoms with E-state index >= 15 is 0 Å². The van der Waals surface area contributed by atoms with Crippen LogP contribution in [0.1, 0.15) is 11.1 Å². The monoisotopic (exact) mass is 257 g/mol. The Labute approximate surface area is 111 Å². The minimum Gasteiger partial charge on any atom is -0.311 e. The molecule has 1 N–H and O–H groups in total. The zero-order valence-electron chi connectivity index (χ0n) is 9.64. The molecule has 0 aliphatic carbocycles. The predicted molar refractivity (Wildman–Crippen MR) is 73.5 cm³/mol. The van der Waals surface area contributed by atoms with E-state index in [1.54, 1.807) is 24.3 Å². The van der Waals surface area contributed by atoms with E-state index in [1.807, 2.05) is 30.3 Å². The van der Waals surface area contributed by atoms with Crippen molar-refractivity contribution in [2.24, 2.45) is 0 Å². The van der Waals surface area contributed by atoms with Crippen molar-refractivity contribution < 1.29 is 4.79 Å². The molecule has 1 unspecified atom stereocenters. The molecule has 2 aromatic carbocycles. The van der Waals surface area contributed by atoms with Gasteiger partial charge in [0.05, 0.1) is 0 Å². The molecule has 0 bridgehead atoms. The van der Waals surface area contributed by atoms with Crippen LogP contribution >= 0.6 is 11.6 Å². The number of nitrogens with one attached hydrogen (secondary N) is 1. The van der Waals surface area contributed by atoms with E-state index < -0.39 is 5.41 Å². The maximum absolute atomic E-state index is 11.6. The summed E-state index contributed by atoms with van der Waals surface area (Å²) in [6.07, 6.45) is 1.93. The molecule has 2 rings (SSSR count). The lowest BCUT2D eigenvalue weighted by atomic mass is 9.77. The van der Waals surface area contributed by atoms with Gasteiger partial charge in [0.25, 0.3) is 0 Å². The maximum atomic E-state index is 11.6. The van der Waals surface area contributed by atoms with Crippen molar-refractivity contribution in [3.63, 3.8) is 0 Å². The molecule has 1 atom stereocenters. The summed E-state index contributed by atoms with van der Waals surface area (Å²) >= 11 is 5.96. The van der Waals surface area contributed by atoms with E-state index in [4.69, 9.17) is 17.0 Å². The molecular weight excluding hydrogens is 246 g/mol. The standard InChI is InChI=1S/C15H12ClNO/c16-14-8-4-7-13(9-14)15(10-17,11-18)12-5-2-1-3-6-12/h1-11,17H. The largest absolute Gasteiger partial charge is 0.311 e. The summed E-state index contributed by atoms with van der Waals surface area (Å²) < 4.78 is 0. The minimum absolute atomic E-state index is 0.552. The first-order valence-corrected chi connectivity index (χ1v) is 5.90. The van der Waals surface area contributed by atoms with Crippen molar-refractivity contribution in [3.05, 3.63) is 70.7 Å². The number of carbonyl (C=O) groups excluding carboxylic acids is 1. The summed E-state index contributed by atoms with van der Waals surface area (Å²) in [6.45, 7) is 0. The zero-order chi connectivity index (χ0) is 13.0. The van der Waals surface area contributed by atoms with Gasteiger partial charge in [0.15, 0.2) is 0 Å². The second-order valence-corrected chi connectivity index (χ2v) is 4.44. The Kier molecular flexibility index (Phi) is 3.58. The molecule has 0 fully saturated rings. The fraction of sp³-hybridized carbons (Fsp3) is 0.0667. The van der Waals surface area contributed by atoms with Crippen molar-refractivity contribution in [2.75, 3.05) is 0 Å². The van der Waals surface area contributed by atoms with Gasteiger partial charge in [0.2, 0.25) is 0 Å². The summed E-state index contributed by atoms with van der Waals surface area (Å²) in [6, 6.07) is 16.3. The summed E-state index contributed by atoms with van der Waals surface area (Å²) in [7, 11) is 0. The highest BCUT2D eigenvalue weighted by Gasteiger charge is 2.31. The van der Waals surface area contributed by atoms with E-state index in [0.29, 0.717) is 10.6 Å². The molecule has 0 saturated heterocycles. The summed E-state index contributed by atoms with van der Waals surface area (Å²) in [4.78, 5) is 11.6. The molecule has 0 aliphatic rings. The van der Waals surface area contributed by atoms with Gasteiger partial charge >= 0.3 is 0 Å². The highest BCUT2D eigenvalue weighted by Crippen LogP contribution is 2.30. The van der Waals surface area contributed by atoms with Crippen molar-refractivity contribution in [1.82, 2.24) is 0 Å². The van der Waals surface area contributed by atoms with Gasteiger partial charge in [-0.3, -0.25) is 0 Å². The van der Waals surface area contributed by atoms with Gasteiger partial charge in [-0.25, -0.2) is 0 Å². The van der Waals surface area contributed by atoms with Crippen LogP contribution in [-0.4, -0.2) is 12.5 Å². The molecule has 0 heterocycles. The third-order valence-electron chi connectivity index (χ3n) is 2.97. The van der Waals surface area contributed by atoms with Crippen LogP contribution in [-0.2, 0) is 10.2 Å². The number of rotatable bonds is 4. The number of aldehydes is 1. The van der Waals surface area contributed by atoms with Crippen LogP contribution in [0, 0.1) is 5.41 Å². The molecule has 0 aromatic heterocycles. The molecule has 90 valence electrons. The number of hydrogen-bond donors (Lipinski definition) is 1. The lowest BCUT2D eigenvalue weighted by molar-refractivity contribution is -0.109. The Balaban J connectivity index is 2.65. The molecule has 2 nitrogen and oxygen atoms in total. The lowest BCUT2D eigenvalue weighted by Gasteiger charge is -2.24. The highest BCUT2D eigenvalue weighted by atomic mass is 35.5. The first kappa shape index (κ1) is 12.5. The smallest absolute Gasteiger partial charge is 0.140 e. The molecule has 0 aliphatic heterocycles. The van der Waals surface area contributed by atoms with Crippen LogP contribution in [0.5, 0.6) is 0 Å². The molecule has 2 aromatic rings. The summed E-state index contributed by atoms with van der Waals surface area (Å²) in [5.74, 6) is 0. The van der Waals surface area contributed by atoms with Crippen molar-refractivity contribution >= 4 is 24.1 Å². The van der Waals surface area contributed by atoms with Gasteiger partial charge in [0, 0.05) is 11.2 Å². The van der Waals surface area contributed by atoms with E-state index in [9.17, 15) is 4.79 Å². The van der Waals surface area contributed by atoms with Gasteiger partial charge < -0.3 is 10.2 Å². The number of halogens is 1. The van der Waals surface area contributed by atoms with Crippen molar-refractivity contribution in [1.29, 1.82) is 5.41 Å². The van der Waals surface area contributed by atoms with Crippen molar-refractivity contribution in [3.8, 4) is 0 Å². The van der Waals surface area contributed by atoms with E-state index in [1.165, 1.54) is 0 Å². The first-order valence-electron chi connectivity index (χ1n) is 5.52. The van der Waals surface area contributed by atoms with E-state index in [2.05, 4.69) is 0 Å². The van der Waals surface area contributed by atoms with Crippen LogP contribution in [0.4, 0.5) is 0 Å². The fourth-order valence-corrected chi connectivity index (χ4v) is 2.15. The minimum atomic E-state index is -1.06. The molecule has 0 amide bonds. The van der Waals surface area contributed by atoms with Gasteiger partial charge in [-0.15, -0.1) is 0 Å². The van der Waals surface area contributed by atoms with Gasteiger partial charge in [0.1, 0.15) is 11.7 Å². The van der Waals surface area contributed by atoms with E-state index in [-0.39, 0.29) is 0 Å². The van der Waals surface area contributed by atoms with Gasteiger partial charge in [-0.1, -0.05) is 54.1 Å². The van der Waals surface area contributed by atoms with Crippen molar-refractivity contribution in [2.45, 2.75) is 5.41 Å². The third-order valence-corrected chi connectivity index (χ3v) is 3.20. The second-order valence-electron chi connectivity index (χ2n) is 4.01. The molecule has 0 radical (unpaired) electrons. The molecule has 18 heavy (non-hydrogen) atoms. The predicted octanol–water partition coefficient (Wildman–Crippen LogP) is 3.47. The average Bonchev–Trinajstić information content (AvgIpc) is 2.42. The Morgan fingerprint density at radius 1 is 1.00 bits per heavy atom. The summed E-state index contributed by atoms with van der Waals surface area (Å²) in [5, 5.41) is 8.21. The third kappa shape index (κ3) is 2.07. The first-order chi connectivity index (χ1) is 8.73. The van der Waals surface area contributed by atoms with Crippen LogP contribution in [0.15, 0.2) is 54.6 Å². The lowest BCUT2D eigenvalue weighted by Crippen LogP contribution is -2.31.